The van der Waals surface area contributed by atoms with Gasteiger partial charge in [0.05, 0.1) is 0 Å². The number of carbonyl (C=O) groups is 2. The Hall–Kier alpha value is -1.86. The number of rotatable bonds is 7. The van der Waals surface area contributed by atoms with Gasteiger partial charge in [0.2, 0.25) is 5.91 Å². The van der Waals surface area contributed by atoms with E-state index in [0.29, 0.717) is 18.6 Å². The Bertz CT molecular complexity index is 684. The van der Waals surface area contributed by atoms with Crippen LogP contribution in [0.4, 0.5) is 5.69 Å². The molecule has 1 aromatic carbocycles. The molecular weight excluding hydrogens is 382 g/mol. The smallest absolute Gasteiger partial charge is 0.341 e. The van der Waals surface area contributed by atoms with Crippen molar-refractivity contribution < 1.29 is 19.4 Å². The summed E-state index contributed by atoms with van der Waals surface area (Å²) in [5, 5.41) is 10.6. The number of carbonyl (C=O) groups excluding carboxylic acids is 1. The van der Waals surface area contributed by atoms with Crippen LogP contribution in [0.1, 0.15) is 11.3 Å². The van der Waals surface area contributed by atoms with Crippen molar-refractivity contribution in [3.63, 3.8) is 0 Å². The zero-order chi connectivity index (χ0) is 16.8. The first-order chi connectivity index (χ1) is 11.0. The molecule has 0 aliphatic carbocycles. The first kappa shape index (κ1) is 17.5. The Labute approximate surface area is 146 Å². The van der Waals surface area contributed by atoms with Crippen LogP contribution < -0.4 is 9.64 Å². The number of ether oxygens (including phenoxy) is 1. The number of hydrogen-bond acceptors (Lipinski definition) is 4. The Balaban J connectivity index is 1.89. The highest BCUT2D eigenvalue weighted by Crippen LogP contribution is 2.22. The highest BCUT2D eigenvalue weighted by Gasteiger charge is 2.12. The molecule has 0 aliphatic rings. The number of aryl methyl sites for hydroxylation is 1. The summed E-state index contributed by atoms with van der Waals surface area (Å²) in [6.07, 6.45) is 1.14. The van der Waals surface area contributed by atoms with E-state index >= 15 is 0 Å². The molecule has 0 aliphatic heterocycles. The maximum Gasteiger partial charge on any atom is 0.341 e. The fourth-order valence-electron chi connectivity index (χ4n) is 1.94. The van der Waals surface area contributed by atoms with E-state index in [0.717, 1.165) is 15.0 Å². The van der Waals surface area contributed by atoms with E-state index in [4.69, 9.17) is 9.84 Å². The summed E-state index contributed by atoms with van der Waals surface area (Å²) in [7, 11) is 1.72. The lowest BCUT2D eigenvalue weighted by atomic mass is 10.2. The molecule has 2 aromatic rings. The minimum absolute atomic E-state index is 0.0220. The normalized spacial score (nSPS) is 10.3. The van der Waals surface area contributed by atoms with Crippen LogP contribution in [0.25, 0.3) is 0 Å². The summed E-state index contributed by atoms with van der Waals surface area (Å²) >= 11 is 5.03. The SMILES string of the molecule is CN(C(=O)CCc1cc(Br)cs1)c1ccc(OCC(=O)O)cc1. The minimum Gasteiger partial charge on any atom is -0.482 e. The predicted molar refractivity (Wildman–Crippen MR) is 93.3 cm³/mol. The molecule has 2 rings (SSSR count). The molecule has 1 N–H and O–H groups in total. The van der Waals surface area contributed by atoms with Crippen molar-refractivity contribution in [1.82, 2.24) is 0 Å². The second-order valence-corrected chi connectivity index (χ2v) is 6.77. The summed E-state index contributed by atoms with van der Waals surface area (Å²) in [6.45, 7) is -0.384. The number of carboxylic acids is 1. The van der Waals surface area contributed by atoms with Gasteiger partial charge in [-0.25, -0.2) is 4.79 Å². The van der Waals surface area contributed by atoms with Crippen LogP contribution in [0.3, 0.4) is 0 Å². The lowest BCUT2D eigenvalue weighted by Crippen LogP contribution is -2.26. The van der Waals surface area contributed by atoms with Crippen molar-refractivity contribution in [3.05, 3.63) is 45.1 Å². The van der Waals surface area contributed by atoms with Crippen LogP contribution in [0, 0.1) is 0 Å². The summed E-state index contributed by atoms with van der Waals surface area (Å²) in [6, 6.07) is 8.79. The first-order valence-electron chi connectivity index (χ1n) is 6.90. The topological polar surface area (TPSA) is 66.8 Å². The molecule has 7 heteroatoms. The number of benzene rings is 1. The molecule has 1 heterocycles. The van der Waals surface area contributed by atoms with Crippen molar-refractivity contribution in [2.75, 3.05) is 18.6 Å². The average molecular weight is 398 g/mol. The lowest BCUT2D eigenvalue weighted by Gasteiger charge is -2.17. The number of hydrogen-bond donors (Lipinski definition) is 1. The Kier molecular flexibility index (Phi) is 6.18. The monoisotopic (exact) mass is 397 g/mol. The van der Waals surface area contributed by atoms with E-state index < -0.39 is 5.97 Å². The van der Waals surface area contributed by atoms with E-state index in [-0.39, 0.29) is 12.5 Å². The van der Waals surface area contributed by atoms with Gasteiger partial charge in [-0.3, -0.25) is 4.79 Å². The van der Waals surface area contributed by atoms with Crippen molar-refractivity contribution >= 4 is 44.8 Å². The van der Waals surface area contributed by atoms with Gasteiger partial charge in [-0.1, -0.05) is 0 Å². The van der Waals surface area contributed by atoms with Crippen LogP contribution in [0.2, 0.25) is 0 Å². The average Bonchev–Trinajstić information content (AvgIpc) is 2.96. The third-order valence-corrected chi connectivity index (χ3v) is 4.92. The molecule has 5 nitrogen and oxygen atoms in total. The second-order valence-electron chi connectivity index (χ2n) is 4.86. The summed E-state index contributed by atoms with van der Waals surface area (Å²) in [4.78, 5) is 25.4. The van der Waals surface area contributed by atoms with Gasteiger partial charge in [0.15, 0.2) is 6.61 Å². The quantitative estimate of drug-likeness (QED) is 0.775. The molecule has 0 atom stereocenters. The van der Waals surface area contributed by atoms with Crippen molar-refractivity contribution in [2.45, 2.75) is 12.8 Å². The number of halogens is 1. The largest absolute Gasteiger partial charge is 0.482 e. The Morgan fingerprint density at radius 3 is 2.57 bits per heavy atom. The standard InChI is InChI=1S/C16H16BrNO4S/c1-18(15(19)7-6-14-8-11(17)10-23-14)12-2-4-13(5-3-12)22-9-16(20)21/h2-5,8,10H,6-7,9H2,1H3,(H,20,21). The highest BCUT2D eigenvalue weighted by molar-refractivity contribution is 9.10. The molecule has 1 aromatic heterocycles. The van der Waals surface area contributed by atoms with Crippen LogP contribution in [0.5, 0.6) is 5.75 Å². The number of nitrogens with zero attached hydrogens (tertiary/aromatic N) is 1. The van der Waals surface area contributed by atoms with Crippen molar-refractivity contribution in [2.24, 2.45) is 0 Å². The molecule has 122 valence electrons. The van der Waals surface area contributed by atoms with E-state index in [1.807, 2.05) is 11.4 Å². The van der Waals surface area contributed by atoms with E-state index in [1.165, 1.54) is 0 Å². The molecule has 0 saturated heterocycles. The van der Waals surface area contributed by atoms with Gasteiger partial charge in [0, 0.05) is 33.9 Å². The van der Waals surface area contributed by atoms with Crippen molar-refractivity contribution in [1.29, 1.82) is 0 Å². The zero-order valence-electron chi connectivity index (χ0n) is 12.5. The van der Waals surface area contributed by atoms with Gasteiger partial charge in [0.25, 0.3) is 0 Å². The first-order valence-corrected chi connectivity index (χ1v) is 8.57. The summed E-state index contributed by atoms with van der Waals surface area (Å²) < 4.78 is 6.10. The molecule has 1 amide bonds. The van der Waals surface area contributed by atoms with Gasteiger partial charge in [-0.05, 0) is 52.7 Å². The number of aliphatic carboxylic acids is 1. The minimum atomic E-state index is -1.03. The second kappa shape index (κ2) is 8.12. The predicted octanol–water partition coefficient (Wildman–Crippen LogP) is 3.57. The third-order valence-electron chi connectivity index (χ3n) is 3.17. The van der Waals surface area contributed by atoms with E-state index in [2.05, 4.69) is 15.9 Å². The fraction of sp³-hybridized carbons (Fsp3) is 0.250. The van der Waals surface area contributed by atoms with Gasteiger partial charge >= 0.3 is 5.97 Å². The third kappa shape index (κ3) is 5.37. The summed E-state index contributed by atoms with van der Waals surface area (Å²) in [5.41, 5.74) is 0.741. The van der Waals surface area contributed by atoms with E-state index in [1.54, 1.807) is 47.5 Å². The molecule has 0 bridgehead atoms. The van der Waals surface area contributed by atoms with Crippen LogP contribution in [0.15, 0.2) is 40.2 Å². The zero-order valence-corrected chi connectivity index (χ0v) is 14.9. The van der Waals surface area contributed by atoms with Gasteiger partial charge in [0.1, 0.15) is 5.75 Å². The molecule has 0 fully saturated rings. The van der Waals surface area contributed by atoms with Gasteiger partial charge < -0.3 is 14.7 Å². The molecule has 0 radical (unpaired) electrons. The van der Waals surface area contributed by atoms with Crippen LogP contribution >= 0.6 is 27.3 Å². The maximum atomic E-state index is 12.2. The van der Waals surface area contributed by atoms with Crippen molar-refractivity contribution in [3.8, 4) is 5.75 Å². The number of carboxylic acid groups (broad SMARTS) is 1. The molecular formula is C16H16BrNO4S. The Morgan fingerprint density at radius 1 is 1.30 bits per heavy atom. The van der Waals surface area contributed by atoms with E-state index in [9.17, 15) is 9.59 Å². The number of amides is 1. The van der Waals surface area contributed by atoms with Crippen LogP contribution in [-0.4, -0.2) is 30.6 Å². The van der Waals surface area contributed by atoms with Crippen LogP contribution in [-0.2, 0) is 16.0 Å². The fourth-order valence-corrected chi connectivity index (χ4v) is 3.39. The maximum absolute atomic E-state index is 12.2. The Morgan fingerprint density at radius 2 is 2.00 bits per heavy atom. The molecule has 0 spiro atoms. The highest BCUT2D eigenvalue weighted by atomic mass is 79.9. The van der Waals surface area contributed by atoms with Gasteiger partial charge in [-0.15, -0.1) is 11.3 Å². The number of anilines is 1. The number of thiophene rings is 1. The molecule has 0 saturated carbocycles. The lowest BCUT2D eigenvalue weighted by molar-refractivity contribution is -0.139. The van der Waals surface area contributed by atoms with Gasteiger partial charge in [-0.2, -0.15) is 0 Å². The summed E-state index contributed by atoms with van der Waals surface area (Å²) in [5.74, 6) is -0.546. The molecule has 0 unspecified atom stereocenters. The molecule has 23 heavy (non-hydrogen) atoms.